The average molecular weight is 358 g/mol. The van der Waals surface area contributed by atoms with E-state index in [9.17, 15) is 9.59 Å². The van der Waals surface area contributed by atoms with Gasteiger partial charge in [0.2, 0.25) is 5.91 Å². The van der Waals surface area contributed by atoms with E-state index in [2.05, 4.69) is 5.32 Å². The van der Waals surface area contributed by atoms with Crippen LogP contribution in [0.4, 0.5) is 5.69 Å². The first-order chi connectivity index (χ1) is 12.0. The van der Waals surface area contributed by atoms with Crippen molar-refractivity contribution < 1.29 is 14.3 Å². The van der Waals surface area contributed by atoms with E-state index in [0.717, 1.165) is 10.6 Å². The van der Waals surface area contributed by atoms with Gasteiger partial charge < -0.3 is 15.0 Å². The van der Waals surface area contributed by atoms with Gasteiger partial charge in [0.1, 0.15) is 5.75 Å². The fourth-order valence-electron chi connectivity index (χ4n) is 2.15. The monoisotopic (exact) mass is 358 g/mol. The second-order valence-electron chi connectivity index (χ2n) is 5.49. The summed E-state index contributed by atoms with van der Waals surface area (Å²) in [7, 11) is 3.37. The number of hydrogen-bond acceptors (Lipinski definition) is 4. The molecule has 2 aromatic carbocycles. The van der Waals surface area contributed by atoms with Crippen LogP contribution in [0.5, 0.6) is 5.75 Å². The summed E-state index contributed by atoms with van der Waals surface area (Å²) < 4.78 is 5.40. The molecule has 1 N–H and O–H groups in total. The number of anilines is 1. The summed E-state index contributed by atoms with van der Waals surface area (Å²) in [5.74, 6) is 0.777. The molecule has 0 aliphatic carbocycles. The van der Waals surface area contributed by atoms with Crippen LogP contribution in [0.1, 0.15) is 17.3 Å². The fraction of sp³-hybridized carbons (Fsp3) is 0.263. The number of rotatable bonds is 7. The predicted molar refractivity (Wildman–Crippen MR) is 101 cm³/mol. The Morgan fingerprint density at radius 3 is 2.40 bits per heavy atom. The van der Waals surface area contributed by atoms with Crippen molar-refractivity contribution in [3.8, 4) is 5.75 Å². The van der Waals surface area contributed by atoms with Gasteiger partial charge in [0.15, 0.2) is 0 Å². The summed E-state index contributed by atoms with van der Waals surface area (Å²) >= 11 is 1.43. The molecule has 0 spiro atoms. The van der Waals surface area contributed by atoms with Gasteiger partial charge in [0.05, 0.1) is 23.6 Å². The normalized spacial score (nSPS) is 10.2. The van der Waals surface area contributed by atoms with Crippen LogP contribution in [0, 0.1) is 0 Å². The van der Waals surface area contributed by atoms with E-state index in [4.69, 9.17) is 4.74 Å². The zero-order valence-electron chi connectivity index (χ0n) is 14.6. The molecule has 25 heavy (non-hydrogen) atoms. The summed E-state index contributed by atoms with van der Waals surface area (Å²) in [6.07, 6.45) is 0. The minimum atomic E-state index is -0.155. The SMILES string of the molecule is CCOc1ccc(SCC(=O)Nc2ccccc2C(=O)N(C)C)cc1. The Morgan fingerprint density at radius 1 is 1.08 bits per heavy atom. The highest BCUT2D eigenvalue weighted by Gasteiger charge is 2.14. The Balaban J connectivity index is 1.95. The highest BCUT2D eigenvalue weighted by molar-refractivity contribution is 8.00. The van der Waals surface area contributed by atoms with Crippen molar-refractivity contribution in [3.63, 3.8) is 0 Å². The summed E-state index contributed by atoms with van der Waals surface area (Å²) in [5, 5.41) is 2.82. The van der Waals surface area contributed by atoms with Crippen LogP contribution in [0.2, 0.25) is 0 Å². The summed E-state index contributed by atoms with van der Waals surface area (Å²) in [5.41, 5.74) is 1.01. The van der Waals surface area contributed by atoms with Crippen molar-refractivity contribution in [2.24, 2.45) is 0 Å². The van der Waals surface area contributed by atoms with E-state index in [1.54, 1.807) is 38.4 Å². The minimum absolute atomic E-state index is 0.143. The summed E-state index contributed by atoms with van der Waals surface area (Å²) in [6, 6.07) is 14.6. The number of benzene rings is 2. The molecule has 0 saturated heterocycles. The van der Waals surface area contributed by atoms with Crippen LogP contribution in [0.15, 0.2) is 53.4 Å². The third kappa shape index (κ3) is 5.53. The van der Waals surface area contributed by atoms with Crippen molar-refractivity contribution in [1.82, 2.24) is 4.90 Å². The lowest BCUT2D eigenvalue weighted by atomic mass is 10.1. The van der Waals surface area contributed by atoms with Crippen LogP contribution in [0.25, 0.3) is 0 Å². The number of carbonyl (C=O) groups excluding carboxylic acids is 2. The number of ether oxygens (including phenoxy) is 1. The third-order valence-corrected chi connectivity index (χ3v) is 4.35. The second-order valence-corrected chi connectivity index (χ2v) is 6.54. The number of thioether (sulfide) groups is 1. The van der Waals surface area contributed by atoms with E-state index < -0.39 is 0 Å². The van der Waals surface area contributed by atoms with E-state index in [1.807, 2.05) is 31.2 Å². The summed E-state index contributed by atoms with van der Waals surface area (Å²) in [4.78, 5) is 26.9. The van der Waals surface area contributed by atoms with Gasteiger partial charge in [-0.2, -0.15) is 0 Å². The molecule has 0 unspecified atom stereocenters. The van der Waals surface area contributed by atoms with Crippen LogP contribution in [-0.2, 0) is 4.79 Å². The van der Waals surface area contributed by atoms with Crippen molar-refractivity contribution in [1.29, 1.82) is 0 Å². The molecule has 0 fully saturated rings. The highest BCUT2D eigenvalue weighted by atomic mass is 32.2. The standard InChI is InChI=1S/C19H22N2O3S/c1-4-24-14-9-11-15(12-10-14)25-13-18(22)20-17-8-6-5-7-16(17)19(23)21(2)3/h5-12H,4,13H2,1-3H3,(H,20,22). The minimum Gasteiger partial charge on any atom is -0.494 e. The predicted octanol–water partition coefficient (Wildman–Crippen LogP) is 3.52. The molecule has 0 aliphatic heterocycles. The van der Waals surface area contributed by atoms with Crippen LogP contribution >= 0.6 is 11.8 Å². The maximum atomic E-state index is 12.2. The lowest BCUT2D eigenvalue weighted by Crippen LogP contribution is -2.24. The Labute approximate surface area is 152 Å². The molecule has 0 aromatic heterocycles. The van der Waals surface area contributed by atoms with Gasteiger partial charge in [-0.25, -0.2) is 0 Å². The lowest BCUT2D eigenvalue weighted by molar-refractivity contribution is -0.113. The lowest BCUT2D eigenvalue weighted by Gasteiger charge is -2.14. The molecule has 0 radical (unpaired) electrons. The molecule has 2 amide bonds. The molecule has 5 nitrogen and oxygen atoms in total. The van der Waals surface area contributed by atoms with Gasteiger partial charge in [0, 0.05) is 19.0 Å². The van der Waals surface area contributed by atoms with Crippen LogP contribution in [-0.4, -0.2) is 43.2 Å². The summed E-state index contributed by atoms with van der Waals surface area (Å²) in [6.45, 7) is 2.56. The third-order valence-electron chi connectivity index (χ3n) is 3.34. The molecule has 0 saturated carbocycles. The average Bonchev–Trinajstić information content (AvgIpc) is 2.61. The molecular formula is C19H22N2O3S. The first kappa shape index (κ1) is 18.9. The van der Waals surface area contributed by atoms with Gasteiger partial charge in [0.25, 0.3) is 5.91 Å². The molecule has 2 aromatic rings. The molecule has 0 heterocycles. The molecule has 2 rings (SSSR count). The smallest absolute Gasteiger partial charge is 0.255 e. The van der Waals surface area contributed by atoms with E-state index >= 15 is 0 Å². The van der Waals surface area contributed by atoms with Crippen LogP contribution in [0.3, 0.4) is 0 Å². The van der Waals surface area contributed by atoms with Gasteiger partial charge in [-0.05, 0) is 43.3 Å². The number of carbonyl (C=O) groups is 2. The molecule has 132 valence electrons. The molecular weight excluding hydrogens is 336 g/mol. The number of nitrogens with one attached hydrogen (secondary N) is 1. The Hall–Kier alpha value is -2.47. The largest absolute Gasteiger partial charge is 0.494 e. The molecule has 0 aliphatic rings. The zero-order valence-corrected chi connectivity index (χ0v) is 15.4. The topological polar surface area (TPSA) is 58.6 Å². The zero-order chi connectivity index (χ0) is 18.2. The highest BCUT2D eigenvalue weighted by Crippen LogP contribution is 2.22. The van der Waals surface area contributed by atoms with Crippen molar-refractivity contribution in [2.75, 3.05) is 31.8 Å². The first-order valence-electron chi connectivity index (χ1n) is 7.97. The number of nitrogens with zero attached hydrogens (tertiary/aromatic N) is 1. The van der Waals surface area contributed by atoms with E-state index in [0.29, 0.717) is 17.9 Å². The molecule has 0 bridgehead atoms. The van der Waals surface area contributed by atoms with Gasteiger partial charge in [-0.3, -0.25) is 9.59 Å². The maximum Gasteiger partial charge on any atom is 0.255 e. The molecule has 0 atom stereocenters. The number of amides is 2. The van der Waals surface area contributed by atoms with Crippen molar-refractivity contribution >= 4 is 29.3 Å². The Bertz CT molecular complexity index is 730. The second kappa shape index (κ2) is 9.13. The first-order valence-corrected chi connectivity index (χ1v) is 8.96. The van der Waals surface area contributed by atoms with E-state index in [-0.39, 0.29) is 17.6 Å². The van der Waals surface area contributed by atoms with Gasteiger partial charge >= 0.3 is 0 Å². The fourth-order valence-corrected chi connectivity index (χ4v) is 2.85. The van der Waals surface area contributed by atoms with Crippen molar-refractivity contribution in [2.45, 2.75) is 11.8 Å². The number of hydrogen-bond donors (Lipinski definition) is 1. The van der Waals surface area contributed by atoms with Gasteiger partial charge in [-0.1, -0.05) is 12.1 Å². The van der Waals surface area contributed by atoms with E-state index in [1.165, 1.54) is 16.7 Å². The van der Waals surface area contributed by atoms with Crippen molar-refractivity contribution in [3.05, 3.63) is 54.1 Å². The number of para-hydroxylation sites is 1. The Kier molecular flexibility index (Phi) is 6.89. The van der Waals surface area contributed by atoms with Crippen LogP contribution < -0.4 is 10.1 Å². The Morgan fingerprint density at radius 2 is 1.76 bits per heavy atom. The quantitative estimate of drug-likeness (QED) is 0.770. The van der Waals surface area contributed by atoms with Gasteiger partial charge in [-0.15, -0.1) is 11.8 Å². The maximum absolute atomic E-state index is 12.2. The molecule has 6 heteroatoms.